The second kappa shape index (κ2) is 10.1. The van der Waals surface area contributed by atoms with Gasteiger partial charge in [-0.2, -0.15) is 0 Å². The van der Waals surface area contributed by atoms with Crippen LogP contribution in [0.1, 0.15) is 70.8 Å². The van der Waals surface area contributed by atoms with Gasteiger partial charge in [0.1, 0.15) is 0 Å². The molecule has 0 radical (unpaired) electrons. The van der Waals surface area contributed by atoms with Gasteiger partial charge >= 0.3 is 0 Å². The van der Waals surface area contributed by atoms with E-state index in [1.54, 1.807) is 0 Å². The molecule has 4 nitrogen and oxygen atoms in total. The van der Waals surface area contributed by atoms with Crippen LogP contribution in [0.3, 0.4) is 0 Å². The maximum atomic E-state index is 13.2. The molecule has 1 aliphatic carbocycles. The maximum Gasteiger partial charge on any atom is 0.223 e. The van der Waals surface area contributed by atoms with Gasteiger partial charge in [0.05, 0.1) is 12.6 Å². The summed E-state index contributed by atoms with van der Waals surface area (Å²) in [6.07, 6.45) is 9.48. The number of rotatable bonds is 7. The molecule has 1 aromatic rings. The normalized spacial score (nSPS) is 19.0. The van der Waals surface area contributed by atoms with Crippen LogP contribution in [0.4, 0.5) is 5.69 Å². The predicted octanol–water partition coefficient (Wildman–Crippen LogP) is 4.51. The molecule has 0 saturated heterocycles. The third-order valence-electron chi connectivity index (χ3n) is 6.19. The zero-order valence-electron chi connectivity index (χ0n) is 17.6. The average Bonchev–Trinajstić information content (AvgIpc) is 2.90. The van der Waals surface area contributed by atoms with Crippen LogP contribution in [0.15, 0.2) is 24.3 Å². The van der Waals surface area contributed by atoms with E-state index in [0.717, 1.165) is 51.5 Å². The van der Waals surface area contributed by atoms with Crippen molar-refractivity contribution >= 4 is 17.4 Å². The van der Waals surface area contributed by atoms with E-state index in [-0.39, 0.29) is 23.7 Å². The Bertz CT molecular complexity index is 664. The number of para-hydroxylation sites is 1. The Morgan fingerprint density at radius 3 is 2.57 bits per heavy atom. The molecule has 1 saturated carbocycles. The quantitative estimate of drug-likeness (QED) is 0.752. The number of hydrogen-bond acceptors (Lipinski definition) is 3. The first kappa shape index (κ1) is 20.9. The first-order valence-electron chi connectivity index (χ1n) is 11.2. The van der Waals surface area contributed by atoms with Crippen molar-refractivity contribution in [2.75, 3.05) is 18.0 Å². The van der Waals surface area contributed by atoms with Crippen LogP contribution in [0.5, 0.6) is 0 Å². The molecule has 1 amide bonds. The summed E-state index contributed by atoms with van der Waals surface area (Å²) >= 11 is 0. The van der Waals surface area contributed by atoms with E-state index < -0.39 is 0 Å². The van der Waals surface area contributed by atoms with Crippen molar-refractivity contribution in [3.05, 3.63) is 29.8 Å². The Kier molecular flexibility index (Phi) is 7.52. The van der Waals surface area contributed by atoms with Crippen molar-refractivity contribution in [3.63, 3.8) is 0 Å². The Hall–Kier alpha value is -1.84. The lowest BCUT2D eigenvalue weighted by Crippen LogP contribution is -2.48. The summed E-state index contributed by atoms with van der Waals surface area (Å²) in [5.74, 6) is 0.705. The number of nitrogens with one attached hydrogen (secondary N) is 1. The summed E-state index contributed by atoms with van der Waals surface area (Å²) in [7, 11) is 0. The fourth-order valence-electron chi connectivity index (χ4n) is 4.63. The van der Waals surface area contributed by atoms with Gasteiger partial charge in [-0.25, -0.2) is 0 Å². The van der Waals surface area contributed by atoms with Gasteiger partial charge in [-0.05, 0) is 56.1 Å². The third kappa shape index (κ3) is 5.59. The fraction of sp³-hybridized carbons (Fsp3) is 0.667. The Morgan fingerprint density at radius 2 is 1.82 bits per heavy atom. The number of carbonyl (C=O) groups excluding carboxylic acids is 2. The van der Waals surface area contributed by atoms with Gasteiger partial charge in [-0.1, -0.05) is 51.3 Å². The molecular formula is C24H36N2O2. The number of aryl methyl sites for hydroxylation is 1. The number of ketones is 1. The minimum absolute atomic E-state index is 0.0926. The number of amides is 1. The molecule has 2 aliphatic rings. The Balaban J connectivity index is 1.68. The Morgan fingerprint density at radius 1 is 1.07 bits per heavy atom. The molecular weight excluding hydrogens is 348 g/mol. The fourth-order valence-corrected chi connectivity index (χ4v) is 4.63. The number of fused-ring (bicyclic) bond motifs is 1. The molecule has 0 bridgehead atoms. The van der Waals surface area contributed by atoms with E-state index in [9.17, 15) is 9.59 Å². The molecule has 1 fully saturated rings. The van der Waals surface area contributed by atoms with E-state index in [2.05, 4.69) is 48.3 Å². The predicted molar refractivity (Wildman–Crippen MR) is 115 cm³/mol. The topological polar surface area (TPSA) is 49.4 Å². The molecule has 0 spiro atoms. The van der Waals surface area contributed by atoms with Crippen molar-refractivity contribution in [2.45, 2.75) is 77.7 Å². The van der Waals surface area contributed by atoms with Crippen molar-refractivity contribution in [1.82, 2.24) is 5.32 Å². The molecule has 1 N–H and O–H groups in total. The molecule has 1 heterocycles. The zero-order chi connectivity index (χ0) is 19.9. The second-order valence-corrected chi connectivity index (χ2v) is 9.00. The van der Waals surface area contributed by atoms with Gasteiger partial charge in [0.15, 0.2) is 5.78 Å². The van der Waals surface area contributed by atoms with Crippen molar-refractivity contribution < 1.29 is 9.59 Å². The lowest BCUT2D eigenvalue weighted by atomic mass is 9.88. The number of anilines is 1. The highest BCUT2D eigenvalue weighted by atomic mass is 16.2. The van der Waals surface area contributed by atoms with E-state index in [4.69, 9.17) is 0 Å². The molecule has 154 valence electrons. The van der Waals surface area contributed by atoms with Gasteiger partial charge in [0, 0.05) is 18.2 Å². The third-order valence-corrected chi connectivity index (χ3v) is 6.19. The smallest absolute Gasteiger partial charge is 0.223 e. The summed E-state index contributed by atoms with van der Waals surface area (Å²) in [4.78, 5) is 28.2. The van der Waals surface area contributed by atoms with Crippen molar-refractivity contribution in [3.8, 4) is 0 Å². The van der Waals surface area contributed by atoms with E-state index in [0.29, 0.717) is 18.9 Å². The molecule has 1 unspecified atom stereocenters. The van der Waals surface area contributed by atoms with Gasteiger partial charge in [-0.3, -0.25) is 9.59 Å². The van der Waals surface area contributed by atoms with Crippen molar-refractivity contribution in [1.29, 1.82) is 0 Å². The highest BCUT2D eigenvalue weighted by molar-refractivity contribution is 5.92. The summed E-state index contributed by atoms with van der Waals surface area (Å²) < 4.78 is 0. The summed E-state index contributed by atoms with van der Waals surface area (Å²) in [5.41, 5.74) is 2.52. The van der Waals surface area contributed by atoms with Crippen LogP contribution < -0.4 is 10.2 Å². The van der Waals surface area contributed by atoms with Gasteiger partial charge in [0.2, 0.25) is 5.91 Å². The highest BCUT2D eigenvalue weighted by Crippen LogP contribution is 2.27. The average molecular weight is 385 g/mol. The monoisotopic (exact) mass is 384 g/mol. The van der Waals surface area contributed by atoms with Crippen LogP contribution in [0.2, 0.25) is 0 Å². The largest absolute Gasteiger partial charge is 0.364 e. The molecule has 1 aromatic carbocycles. The van der Waals surface area contributed by atoms with E-state index in [1.807, 2.05) is 0 Å². The molecule has 3 rings (SSSR count). The molecule has 1 aliphatic heterocycles. The number of hydrogen-bond donors (Lipinski definition) is 1. The number of benzene rings is 1. The first-order chi connectivity index (χ1) is 13.5. The zero-order valence-corrected chi connectivity index (χ0v) is 17.6. The number of nitrogens with zero attached hydrogens (tertiary/aromatic N) is 1. The first-order valence-corrected chi connectivity index (χ1v) is 11.2. The molecule has 28 heavy (non-hydrogen) atoms. The van der Waals surface area contributed by atoms with E-state index in [1.165, 1.54) is 17.7 Å². The lowest BCUT2D eigenvalue weighted by molar-refractivity contribution is -0.130. The SMILES string of the molecule is CC(C)CC(NC(=O)C1CCCCC1)C(=O)CN1CCCCc2ccccc21. The summed E-state index contributed by atoms with van der Waals surface area (Å²) in [6.45, 7) is 5.54. The van der Waals surface area contributed by atoms with Crippen LogP contribution in [-0.2, 0) is 16.0 Å². The standard InChI is InChI=1S/C24H36N2O2/c1-18(2)16-21(25-24(28)20-12-4-3-5-13-20)23(27)17-26-15-9-8-11-19-10-6-7-14-22(19)26/h6-7,10,14,18,20-21H,3-5,8-9,11-13,15-17H2,1-2H3,(H,25,28). The highest BCUT2D eigenvalue weighted by Gasteiger charge is 2.28. The number of carbonyl (C=O) groups is 2. The van der Waals surface area contributed by atoms with Crippen LogP contribution in [0.25, 0.3) is 0 Å². The second-order valence-electron chi connectivity index (χ2n) is 9.00. The minimum atomic E-state index is -0.371. The van der Waals surface area contributed by atoms with Crippen molar-refractivity contribution in [2.24, 2.45) is 11.8 Å². The van der Waals surface area contributed by atoms with Crippen LogP contribution >= 0.6 is 0 Å². The minimum Gasteiger partial charge on any atom is -0.364 e. The maximum absolute atomic E-state index is 13.2. The van der Waals surface area contributed by atoms with Gasteiger partial charge < -0.3 is 10.2 Å². The van der Waals surface area contributed by atoms with E-state index >= 15 is 0 Å². The van der Waals surface area contributed by atoms with Gasteiger partial charge in [-0.15, -0.1) is 0 Å². The summed E-state index contributed by atoms with van der Waals surface area (Å²) in [6, 6.07) is 8.07. The molecule has 4 heteroatoms. The van der Waals surface area contributed by atoms with Crippen LogP contribution in [-0.4, -0.2) is 30.8 Å². The molecule has 0 aromatic heterocycles. The summed E-state index contributed by atoms with van der Waals surface area (Å²) in [5, 5.41) is 3.13. The Labute approximate surface area is 170 Å². The lowest BCUT2D eigenvalue weighted by Gasteiger charge is -2.29. The van der Waals surface area contributed by atoms with Gasteiger partial charge in [0.25, 0.3) is 0 Å². The molecule has 1 atom stereocenters. The van der Waals surface area contributed by atoms with Crippen LogP contribution in [0, 0.1) is 11.8 Å². The number of Topliss-reactive ketones (excluding diaryl/α,β-unsaturated/α-hetero) is 1.